The average Bonchev–Trinajstić information content (AvgIpc) is 3.58. The molecule has 7 fully saturated rings. The van der Waals surface area contributed by atoms with E-state index in [1.807, 2.05) is 20.8 Å². The van der Waals surface area contributed by atoms with Gasteiger partial charge in [0.1, 0.15) is 6.10 Å². The molecule has 2 saturated heterocycles. The summed E-state index contributed by atoms with van der Waals surface area (Å²) < 4.78 is 25.7. The maximum atomic E-state index is 12.5. The molecule has 14 atom stereocenters. The minimum Gasteiger partial charge on any atom is -0.390 e. The SMILES string of the molecule is CCO[C@@H](C1C[C@@H](C)[C@H]2C(O1)[C@H](O)[C@@]1(C)C3CC[C@H]4C(C)(C)C(O[C@H]5CNCCO5)CCC45CC35CCC21C)C(C)(C)O. The molecule has 43 heavy (non-hydrogen) atoms. The molecule has 5 saturated carbocycles. The molecule has 0 aromatic carbocycles. The van der Waals surface area contributed by atoms with Crippen molar-refractivity contribution >= 4 is 0 Å². The zero-order valence-corrected chi connectivity index (χ0v) is 28.3. The summed E-state index contributed by atoms with van der Waals surface area (Å²) in [7, 11) is 0. The number of nitrogens with one attached hydrogen (secondary N) is 1. The highest BCUT2D eigenvalue weighted by atomic mass is 16.7. The van der Waals surface area contributed by atoms with Gasteiger partial charge in [0.05, 0.1) is 36.6 Å². The van der Waals surface area contributed by atoms with Gasteiger partial charge in [-0.15, -0.1) is 0 Å². The van der Waals surface area contributed by atoms with Crippen molar-refractivity contribution in [3.63, 3.8) is 0 Å². The fraction of sp³-hybridized carbons (Fsp3) is 1.00. The smallest absolute Gasteiger partial charge is 0.170 e. The summed E-state index contributed by atoms with van der Waals surface area (Å²) in [4.78, 5) is 0. The molecule has 7 heteroatoms. The number of ether oxygens (including phenoxy) is 4. The summed E-state index contributed by atoms with van der Waals surface area (Å²) >= 11 is 0. The molecule has 0 aromatic heterocycles. The number of aliphatic hydroxyl groups excluding tert-OH is 1. The number of hydrogen-bond acceptors (Lipinski definition) is 7. The third-order valence-electron chi connectivity index (χ3n) is 15.4. The highest BCUT2D eigenvalue weighted by Gasteiger charge is 2.84. The van der Waals surface area contributed by atoms with Gasteiger partial charge in [-0.25, -0.2) is 0 Å². The molecular formula is C36H61NO6. The van der Waals surface area contributed by atoms with Crippen LogP contribution in [-0.4, -0.2) is 78.9 Å². The third kappa shape index (κ3) is 4.10. The van der Waals surface area contributed by atoms with E-state index in [2.05, 4.69) is 39.9 Å². The Morgan fingerprint density at radius 3 is 2.42 bits per heavy atom. The Kier molecular flexibility index (Phi) is 7.37. The highest BCUT2D eigenvalue weighted by Crippen LogP contribution is 2.89. The van der Waals surface area contributed by atoms with E-state index < -0.39 is 17.8 Å². The largest absolute Gasteiger partial charge is 0.390 e. The van der Waals surface area contributed by atoms with Crippen molar-refractivity contribution in [2.45, 2.75) is 149 Å². The first-order valence-corrected chi connectivity index (χ1v) is 17.8. The Labute approximate surface area is 260 Å². The van der Waals surface area contributed by atoms with E-state index in [0.717, 1.165) is 32.5 Å². The summed E-state index contributed by atoms with van der Waals surface area (Å²) in [6, 6.07) is 0. The second-order valence-corrected chi connectivity index (χ2v) is 17.7. The van der Waals surface area contributed by atoms with E-state index in [-0.39, 0.29) is 40.8 Å². The lowest BCUT2D eigenvalue weighted by Crippen LogP contribution is -2.60. The van der Waals surface area contributed by atoms with Gasteiger partial charge in [-0.05, 0) is 117 Å². The maximum absolute atomic E-state index is 12.5. The summed E-state index contributed by atoms with van der Waals surface area (Å²) in [5, 5.41) is 27.0. The van der Waals surface area contributed by atoms with Gasteiger partial charge in [0.25, 0.3) is 0 Å². The Morgan fingerprint density at radius 2 is 1.74 bits per heavy atom. The predicted molar refractivity (Wildman–Crippen MR) is 165 cm³/mol. The Balaban J connectivity index is 1.16. The number of hydrogen-bond donors (Lipinski definition) is 3. The minimum absolute atomic E-state index is 0.0327. The zero-order chi connectivity index (χ0) is 30.8. The van der Waals surface area contributed by atoms with Crippen molar-refractivity contribution in [2.75, 3.05) is 26.3 Å². The summed E-state index contributed by atoms with van der Waals surface area (Å²) in [5.74, 6) is 1.89. The van der Waals surface area contributed by atoms with E-state index in [0.29, 0.717) is 41.1 Å². The molecule has 2 aliphatic heterocycles. The van der Waals surface area contributed by atoms with Gasteiger partial charge >= 0.3 is 0 Å². The summed E-state index contributed by atoms with van der Waals surface area (Å²) in [5.41, 5.74) is -0.354. The topological polar surface area (TPSA) is 89.4 Å². The van der Waals surface area contributed by atoms with Crippen LogP contribution in [0.2, 0.25) is 0 Å². The van der Waals surface area contributed by atoms with Crippen LogP contribution in [0.5, 0.6) is 0 Å². The fourth-order valence-electron chi connectivity index (χ4n) is 13.5. The monoisotopic (exact) mass is 603 g/mol. The molecule has 5 aliphatic carbocycles. The van der Waals surface area contributed by atoms with Crippen molar-refractivity contribution in [3.8, 4) is 0 Å². The van der Waals surface area contributed by atoms with Crippen LogP contribution in [0.1, 0.15) is 107 Å². The average molecular weight is 604 g/mol. The van der Waals surface area contributed by atoms with Crippen molar-refractivity contribution < 1.29 is 29.2 Å². The first-order chi connectivity index (χ1) is 20.2. The van der Waals surface area contributed by atoms with Crippen LogP contribution in [0.4, 0.5) is 0 Å². The molecule has 7 rings (SSSR count). The molecule has 7 unspecified atom stereocenters. The minimum atomic E-state index is -1.00. The Hall–Kier alpha value is -0.280. The van der Waals surface area contributed by atoms with Crippen LogP contribution >= 0.6 is 0 Å². The van der Waals surface area contributed by atoms with Gasteiger partial charge in [0.15, 0.2) is 6.29 Å². The third-order valence-corrected chi connectivity index (χ3v) is 15.4. The molecular weight excluding hydrogens is 542 g/mol. The zero-order valence-electron chi connectivity index (χ0n) is 28.3. The Morgan fingerprint density at radius 1 is 1.02 bits per heavy atom. The molecule has 0 radical (unpaired) electrons. The standard InChI is InChI=1S/C36H61NO6/c1-9-40-30(32(5,6)39)22-18-21(2)27-28(42-22)29(38)34(8)24-11-10-23-31(3,4)25(43-26-19-37-16-17-41-26)12-13-35(23)20-36(24,35)15-14-33(27,34)7/h21-30,37-39H,9-20H2,1-8H3/t21-,22?,23+,24?,25?,26+,27+,28?,29+,30+,33?,34-,35?,36?/m1/s1. The second-order valence-electron chi connectivity index (χ2n) is 17.7. The second kappa shape index (κ2) is 10.1. The van der Waals surface area contributed by atoms with Gasteiger partial charge in [0.2, 0.25) is 0 Å². The molecule has 7 aliphatic rings. The van der Waals surface area contributed by atoms with Gasteiger partial charge in [-0.3, -0.25) is 0 Å². The fourth-order valence-corrected chi connectivity index (χ4v) is 13.5. The van der Waals surface area contributed by atoms with Crippen LogP contribution in [0, 0.1) is 50.7 Å². The van der Waals surface area contributed by atoms with E-state index >= 15 is 0 Å². The lowest BCUT2D eigenvalue weighted by atomic mass is 9.41. The van der Waals surface area contributed by atoms with E-state index in [1.165, 1.54) is 38.5 Å². The van der Waals surface area contributed by atoms with Crippen molar-refractivity contribution in [3.05, 3.63) is 0 Å². The number of aliphatic hydroxyl groups is 2. The van der Waals surface area contributed by atoms with Crippen molar-refractivity contribution in [1.29, 1.82) is 0 Å². The lowest BCUT2D eigenvalue weighted by molar-refractivity contribution is -0.237. The molecule has 0 bridgehead atoms. The first-order valence-electron chi connectivity index (χ1n) is 17.8. The van der Waals surface area contributed by atoms with Gasteiger partial charge in [-0.2, -0.15) is 0 Å². The maximum Gasteiger partial charge on any atom is 0.170 e. The Bertz CT molecular complexity index is 1070. The lowest BCUT2D eigenvalue weighted by Gasteiger charge is -2.64. The van der Waals surface area contributed by atoms with E-state index in [9.17, 15) is 10.2 Å². The summed E-state index contributed by atoms with van der Waals surface area (Å²) in [6.45, 7) is 20.9. The van der Waals surface area contributed by atoms with Crippen molar-refractivity contribution in [2.24, 2.45) is 50.7 Å². The molecule has 2 spiro atoms. The molecule has 246 valence electrons. The summed E-state index contributed by atoms with van der Waals surface area (Å²) in [6.07, 6.45) is 8.19. The van der Waals surface area contributed by atoms with Crippen LogP contribution in [0.15, 0.2) is 0 Å². The predicted octanol–water partition coefficient (Wildman–Crippen LogP) is 5.31. The molecule has 0 amide bonds. The highest BCUT2D eigenvalue weighted by molar-refractivity contribution is 5.33. The molecule has 2 heterocycles. The van der Waals surface area contributed by atoms with Crippen LogP contribution < -0.4 is 5.32 Å². The van der Waals surface area contributed by atoms with Gasteiger partial charge < -0.3 is 34.5 Å². The van der Waals surface area contributed by atoms with Gasteiger partial charge in [-0.1, -0.05) is 34.6 Å². The van der Waals surface area contributed by atoms with E-state index in [4.69, 9.17) is 18.9 Å². The van der Waals surface area contributed by atoms with Crippen molar-refractivity contribution in [1.82, 2.24) is 5.32 Å². The van der Waals surface area contributed by atoms with Gasteiger partial charge in [0, 0.05) is 25.1 Å². The van der Waals surface area contributed by atoms with Crippen LogP contribution in [-0.2, 0) is 18.9 Å². The first kappa shape index (κ1) is 31.3. The van der Waals surface area contributed by atoms with E-state index in [1.54, 1.807) is 0 Å². The number of morpholine rings is 1. The molecule has 0 aromatic rings. The number of fused-ring (bicyclic) bond motifs is 4. The quantitative estimate of drug-likeness (QED) is 0.379. The number of rotatable bonds is 6. The van der Waals surface area contributed by atoms with Crippen LogP contribution in [0.25, 0.3) is 0 Å². The normalized spacial score (nSPS) is 54.4. The van der Waals surface area contributed by atoms with Crippen LogP contribution in [0.3, 0.4) is 0 Å². The molecule has 7 nitrogen and oxygen atoms in total. The molecule has 3 N–H and O–H groups in total.